The Morgan fingerprint density at radius 3 is 2.57 bits per heavy atom. The van der Waals surface area contributed by atoms with Gasteiger partial charge in [-0.25, -0.2) is 4.98 Å². The van der Waals surface area contributed by atoms with Gasteiger partial charge < -0.3 is 5.32 Å². The molecule has 0 saturated heterocycles. The Balaban J connectivity index is 1.56. The Bertz CT molecular complexity index is 1240. The highest BCUT2D eigenvalue weighted by Gasteiger charge is 2.20. The molecule has 2 amide bonds. The maximum absolute atomic E-state index is 13.0. The van der Waals surface area contributed by atoms with Gasteiger partial charge in [0.15, 0.2) is 5.13 Å². The van der Waals surface area contributed by atoms with Crippen molar-refractivity contribution < 1.29 is 9.59 Å². The third-order valence-corrected chi connectivity index (χ3v) is 5.65. The maximum Gasteiger partial charge on any atom is 0.261 e. The number of amides is 2. The molecule has 152 valence electrons. The van der Waals surface area contributed by atoms with E-state index < -0.39 is 0 Å². The molecule has 0 radical (unpaired) electrons. The van der Waals surface area contributed by atoms with E-state index >= 15 is 0 Å². The number of hydrogen-bond donors (Lipinski definition) is 2. The van der Waals surface area contributed by atoms with Crippen LogP contribution in [0.5, 0.6) is 0 Å². The van der Waals surface area contributed by atoms with Gasteiger partial charge in [-0.2, -0.15) is 5.10 Å². The lowest BCUT2D eigenvalue weighted by Crippen LogP contribution is -2.14. The smallest absolute Gasteiger partial charge is 0.261 e. The van der Waals surface area contributed by atoms with Crippen LogP contribution in [-0.4, -0.2) is 26.6 Å². The number of carbonyl (C=O) groups is 2. The molecule has 0 aliphatic heterocycles. The number of thiazole rings is 1. The highest BCUT2D eigenvalue weighted by molar-refractivity contribution is 7.22. The molecule has 30 heavy (non-hydrogen) atoms. The molecule has 2 heterocycles. The minimum atomic E-state index is -0.231. The number of benzene rings is 2. The molecule has 4 rings (SSSR count). The molecule has 4 aromatic rings. The van der Waals surface area contributed by atoms with Crippen molar-refractivity contribution in [1.82, 2.24) is 14.8 Å². The minimum Gasteiger partial charge on any atom is -0.326 e. The number of hydrogen-bond acceptors (Lipinski definition) is 5. The maximum atomic E-state index is 13.0. The van der Waals surface area contributed by atoms with E-state index in [9.17, 15) is 9.59 Å². The largest absolute Gasteiger partial charge is 0.326 e. The van der Waals surface area contributed by atoms with E-state index in [2.05, 4.69) is 20.7 Å². The van der Waals surface area contributed by atoms with Gasteiger partial charge in [0, 0.05) is 18.3 Å². The van der Waals surface area contributed by atoms with Crippen molar-refractivity contribution in [1.29, 1.82) is 0 Å². The molecule has 0 spiro atoms. The van der Waals surface area contributed by atoms with Crippen LogP contribution in [0.25, 0.3) is 10.2 Å². The number of rotatable bonds is 5. The first-order valence-electron chi connectivity index (χ1n) is 9.48. The molecule has 7 nitrogen and oxygen atoms in total. The summed E-state index contributed by atoms with van der Waals surface area (Å²) in [5, 5.41) is 10.7. The summed E-state index contributed by atoms with van der Waals surface area (Å²) in [6.45, 7) is 5.80. The van der Waals surface area contributed by atoms with E-state index in [1.807, 2.05) is 61.0 Å². The van der Waals surface area contributed by atoms with Crippen molar-refractivity contribution in [3.63, 3.8) is 0 Å². The monoisotopic (exact) mass is 419 g/mol. The summed E-state index contributed by atoms with van der Waals surface area (Å²) in [6, 6.07) is 15.5. The second-order valence-corrected chi connectivity index (χ2v) is 8.06. The Morgan fingerprint density at radius 2 is 1.83 bits per heavy atom. The van der Waals surface area contributed by atoms with Gasteiger partial charge in [-0.15, -0.1) is 0 Å². The van der Waals surface area contributed by atoms with E-state index in [0.29, 0.717) is 28.6 Å². The van der Waals surface area contributed by atoms with Crippen molar-refractivity contribution in [3.8, 4) is 0 Å². The highest BCUT2D eigenvalue weighted by Crippen LogP contribution is 2.29. The third kappa shape index (κ3) is 4.08. The number of anilines is 2. The molecule has 2 N–H and O–H groups in total. The molecular weight excluding hydrogens is 398 g/mol. The van der Waals surface area contributed by atoms with E-state index in [1.54, 1.807) is 6.07 Å². The molecule has 0 fully saturated rings. The lowest BCUT2D eigenvalue weighted by atomic mass is 10.2. The van der Waals surface area contributed by atoms with Crippen LogP contribution < -0.4 is 10.6 Å². The average molecular weight is 420 g/mol. The number of nitrogens with one attached hydrogen (secondary N) is 2. The number of carbonyl (C=O) groups excluding carboxylic acids is 2. The predicted molar refractivity (Wildman–Crippen MR) is 119 cm³/mol. The van der Waals surface area contributed by atoms with Crippen molar-refractivity contribution in [3.05, 3.63) is 71.0 Å². The predicted octanol–water partition coefficient (Wildman–Crippen LogP) is 4.37. The van der Waals surface area contributed by atoms with Crippen LogP contribution in [0, 0.1) is 13.8 Å². The van der Waals surface area contributed by atoms with Crippen molar-refractivity contribution in [2.75, 3.05) is 10.6 Å². The van der Waals surface area contributed by atoms with Gasteiger partial charge in [0.25, 0.3) is 5.91 Å². The average Bonchev–Trinajstić information content (AvgIpc) is 3.21. The number of fused-ring (bicyclic) bond motifs is 1. The normalized spacial score (nSPS) is 10.9. The molecule has 2 aromatic carbocycles. The lowest BCUT2D eigenvalue weighted by Gasteiger charge is -2.05. The van der Waals surface area contributed by atoms with Gasteiger partial charge in [-0.3, -0.25) is 19.6 Å². The Labute approximate surface area is 177 Å². The summed E-state index contributed by atoms with van der Waals surface area (Å²) < 4.78 is 2.72. The van der Waals surface area contributed by atoms with Crippen LogP contribution in [0.4, 0.5) is 10.8 Å². The molecule has 0 bridgehead atoms. The second kappa shape index (κ2) is 8.08. The molecule has 0 saturated carbocycles. The fourth-order valence-corrected chi connectivity index (χ4v) is 4.25. The van der Waals surface area contributed by atoms with Crippen LogP contribution in [0.1, 0.15) is 34.2 Å². The summed E-state index contributed by atoms with van der Waals surface area (Å²) in [7, 11) is 0. The van der Waals surface area contributed by atoms with Crippen LogP contribution in [0.3, 0.4) is 0 Å². The summed E-state index contributed by atoms with van der Waals surface area (Å²) in [6.07, 6.45) is 0. The number of aromatic nitrogens is 3. The van der Waals surface area contributed by atoms with Crippen molar-refractivity contribution in [2.45, 2.75) is 27.3 Å². The first kappa shape index (κ1) is 19.8. The van der Waals surface area contributed by atoms with Crippen LogP contribution >= 0.6 is 11.3 Å². The van der Waals surface area contributed by atoms with Gasteiger partial charge in [-0.05, 0) is 37.6 Å². The topological polar surface area (TPSA) is 88.9 Å². The van der Waals surface area contributed by atoms with Gasteiger partial charge in [0.2, 0.25) is 5.91 Å². The first-order chi connectivity index (χ1) is 14.4. The zero-order chi connectivity index (χ0) is 21.3. The number of nitrogens with zero attached hydrogens (tertiary/aromatic N) is 3. The fraction of sp³-hybridized carbons (Fsp3) is 0.182. The van der Waals surface area contributed by atoms with Crippen LogP contribution in [-0.2, 0) is 11.3 Å². The summed E-state index contributed by atoms with van der Waals surface area (Å²) in [5.41, 5.74) is 4.63. The van der Waals surface area contributed by atoms with Gasteiger partial charge in [-0.1, -0.05) is 41.7 Å². The molecule has 2 aromatic heterocycles. The standard InChI is InChI=1S/C22H21N5O2S/c1-13-20(14(2)27(26-13)12-16-7-5-4-6-8-16)21(29)25-22-24-18-10-9-17(23-15(3)28)11-19(18)30-22/h4-11H,12H2,1-3H3,(H,23,28)(H,24,25,29). The summed E-state index contributed by atoms with van der Waals surface area (Å²) in [4.78, 5) is 28.7. The summed E-state index contributed by atoms with van der Waals surface area (Å²) in [5.74, 6) is -0.365. The van der Waals surface area contributed by atoms with Crippen molar-refractivity contribution >= 4 is 44.2 Å². The van der Waals surface area contributed by atoms with E-state index in [4.69, 9.17) is 0 Å². The van der Waals surface area contributed by atoms with E-state index in [1.165, 1.54) is 18.3 Å². The first-order valence-corrected chi connectivity index (χ1v) is 10.3. The minimum absolute atomic E-state index is 0.133. The number of aryl methyl sites for hydroxylation is 1. The molecule has 0 atom stereocenters. The quantitative estimate of drug-likeness (QED) is 0.503. The molecule has 0 aliphatic carbocycles. The molecule has 0 aliphatic rings. The second-order valence-electron chi connectivity index (χ2n) is 7.03. The molecule has 0 unspecified atom stereocenters. The molecular formula is C22H21N5O2S. The zero-order valence-electron chi connectivity index (χ0n) is 16.9. The Kier molecular flexibility index (Phi) is 5.33. The Morgan fingerprint density at radius 1 is 1.07 bits per heavy atom. The van der Waals surface area contributed by atoms with E-state index in [-0.39, 0.29) is 11.8 Å². The Hall–Kier alpha value is -3.52. The third-order valence-electron chi connectivity index (χ3n) is 4.71. The van der Waals surface area contributed by atoms with Gasteiger partial charge in [0.1, 0.15) is 0 Å². The highest BCUT2D eigenvalue weighted by atomic mass is 32.1. The zero-order valence-corrected chi connectivity index (χ0v) is 17.7. The van der Waals surface area contributed by atoms with Crippen LogP contribution in [0.2, 0.25) is 0 Å². The van der Waals surface area contributed by atoms with Gasteiger partial charge in [0.05, 0.1) is 28.0 Å². The molecule has 8 heteroatoms. The van der Waals surface area contributed by atoms with Gasteiger partial charge >= 0.3 is 0 Å². The fourth-order valence-electron chi connectivity index (χ4n) is 3.35. The SMILES string of the molecule is CC(=O)Nc1ccc2nc(NC(=O)c3c(C)nn(Cc4ccccc4)c3C)sc2c1. The van der Waals surface area contributed by atoms with Crippen molar-refractivity contribution in [2.24, 2.45) is 0 Å². The van der Waals surface area contributed by atoms with E-state index in [0.717, 1.165) is 21.5 Å². The summed E-state index contributed by atoms with van der Waals surface area (Å²) >= 11 is 1.36. The lowest BCUT2D eigenvalue weighted by molar-refractivity contribution is -0.114. The van der Waals surface area contributed by atoms with Crippen LogP contribution in [0.15, 0.2) is 48.5 Å².